The molecular formula is C21H16N4O5. The van der Waals surface area contributed by atoms with E-state index in [1.165, 1.54) is 35.4 Å². The number of amides is 1. The van der Waals surface area contributed by atoms with Crippen LogP contribution in [0.4, 0.5) is 5.69 Å². The van der Waals surface area contributed by atoms with E-state index in [1.807, 2.05) is 0 Å². The number of nitrogens with one attached hydrogen (secondary N) is 1. The molecule has 9 heteroatoms. The molecule has 0 radical (unpaired) electrons. The van der Waals surface area contributed by atoms with E-state index in [0.29, 0.717) is 22.4 Å². The third kappa shape index (κ3) is 3.95. The van der Waals surface area contributed by atoms with Crippen LogP contribution in [0.25, 0.3) is 10.9 Å². The normalized spacial score (nSPS) is 10.8. The Morgan fingerprint density at radius 2 is 2.03 bits per heavy atom. The van der Waals surface area contributed by atoms with E-state index < -0.39 is 10.5 Å². The van der Waals surface area contributed by atoms with Crippen molar-refractivity contribution in [1.82, 2.24) is 14.9 Å². The number of hydrogen-bond acceptors (Lipinski definition) is 6. The lowest BCUT2D eigenvalue weighted by molar-refractivity contribution is -0.384. The third-order valence-corrected chi connectivity index (χ3v) is 4.56. The van der Waals surface area contributed by atoms with E-state index in [0.717, 1.165) is 0 Å². The first-order chi connectivity index (χ1) is 14.5. The zero-order chi connectivity index (χ0) is 21.1. The Hall–Kier alpha value is -4.27. The van der Waals surface area contributed by atoms with Crippen LogP contribution in [0.15, 0.2) is 76.4 Å². The highest BCUT2D eigenvalue weighted by molar-refractivity contribution is 5.94. The maximum Gasteiger partial charge on any atom is 0.270 e. The number of furan rings is 1. The van der Waals surface area contributed by atoms with E-state index >= 15 is 0 Å². The predicted octanol–water partition coefficient (Wildman–Crippen LogP) is 2.88. The molecule has 2 aromatic carbocycles. The van der Waals surface area contributed by atoms with Gasteiger partial charge in [0.05, 0.1) is 41.5 Å². The number of nitro groups is 1. The average Bonchev–Trinajstić information content (AvgIpc) is 3.28. The maximum atomic E-state index is 12.8. The van der Waals surface area contributed by atoms with Gasteiger partial charge in [-0.2, -0.15) is 0 Å². The molecule has 0 aliphatic heterocycles. The summed E-state index contributed by atoms with van der Waals surface area (Å²) >= 11 is 0. The molecule has 2 aromatic heterocycles. The van der Waals surface area contributed by atoms with Gasteiger partial charge >= 0.3 is 0 Å². The molecule has 0 unspecified atom stereocenters. The minimum atomic E-state index is -0.555. The molecule has 0 fully saturated rings. The lowest BCUT2D eigenvalue weighted by atomic mass is 10.1. The van der Waals surface area contributed by atoms with Crippen molar-refractivity contribution in [3.8, 4) is 0 Å². The molecule has 4 rings (SSSR count). The molecule has 0 saturated heterocycles. The Bertz CT molecular complexity index is 1290. The van der Waals surface area contributed by atoms with Crippen LogP contribution in [0.1, 0.15) is 21.7 Å². The highest BCUT2D eigenvalue weighted by atomic mass is 16.6. The summed E-state index contributed by atoms with van der Waals surface area (Å²) < 4.78 is 6.55. The fourth-order valence-corrected chi connectivity index (χ4v) is 3.06. The predicted molar refractivity (Wildman–Crippen MR) is 108 cm³/mol. The van der Waals surface area contributed by atoms with E-state index in [-0.39, 0.29) is 30.1 Å². The first-order valence-corrected chi connectivity index (χ1v) is 9.04. The van der Waals surface area contributed by atoms with Gasteiger partial charge in [-0.05, 0) is 35.9 Å². The second-order valence-electron chi connectivity index (χ2n) is 6.60. The highest BCUT2D eigenvalue weighted by Crippen LogP contribution is 2.16. The van der Waals surface area contributed by atoms with Gasteiger partial charge in [0.15, 0.2) is 0 Å². The Morgan fingerprint density at radius 1 is 1.17 bits per heavy atom. The molecular weight excluding hydrogens is 388 g/mol. The van der Waals surface area contributed by atoms with E-state index in [1.54, 1.807) is 36.4 Å². The summed E-state index contributed by atoms with van der Waals surface area (Å²) in [5.74, 6) is 0.371. The van der Waals surface area contributed by atoms with Crippen LogP contribution in [-0.2, 0) is 13.1 Å². The molecule has 9 nitrogen and oxygen atoms in total. The van der Waals surface area contributed by atoms with Crippen LogP contribution in [0.3, 0.4) is 0 Å². The summed E-state index contributed by atoms with van der Waals surface area (Å²) in [6.45, 7) is 0.437. The van der Waals surface area contributed by atoms with Crippen LogP contribution in [0, 0.1) is 10.1 Å². The topological polar surface area (TPSA) is 120 Å². The van der Waals surface area contributed by atoms with Crippen LogP contribution < -0.4 is 10.9 Å². The summed E-state index contributed by atoms with van der Waals surface area (Å²) in [7, 11) is 0. The smallest absolute Gasteiger partial charge is 0.270 e. The zero-order valence-electron chi connectivity index (χ0n) is 15.6. The van der Waals surface area contributed by atoms with Gasteiger partial charge in [0.25, 0.3) is 17.2 Å². The van der Waals surface area contributed by atoms with Crippen LogP contribution in [0.5, 0.6) is 0 Å². The number of fused-ring (bicyclic) bond motifs is 1. The third-order valence-electron chi connectivity index (χ3n) is 4.56. The lowest BCUT2D eigenvalue weighted by Gasteiger charge is -2.09. The minimum absolute atomic E-state index is 0.166. The van der Waals surface area contributed by atoms with Crippen molar-refractivity contribution in [1.29, 1.82) is 0 Å². The number of carbonyl (C=O) groups is 1. The fourth-order valence-electron chi connectivity index (χ4n) is 3.06. The summed E-state index contributed by atoms with van der Waals surface area (Å²) in [5.41, 5.74) is 0.976. The molecule has 150 valence electrons. The number of nitro benzene ring substituents is 1. The highest BCUT2D eigenvalue weighted by Gasteiger charge is 2.12. The van der Waals surface area contributed by atoms with Crippen molar-refractivity contribution in [3.63, 3.8) is 0 Å². The molecule has 4 aromatic rings. The van der Waals surface area contributed by atoms with Gasteiger partial charge in [0, 0.05) is 17.7 Å². The molecule has 0 saturated carbocycles. The zero-order valence-corrected chi connectivity index (χ0v) is 15.6. The standard InChI is InChI=1S/C21H16N4O5/c26-20(22-11-17-5-2-8-30-17)15-4-1-3-14(9-15)12-24-13-23-19-7-6-16(25(28)29)10-18(19)21(24)27/h1-10,13H,11-12H2,(H,22,26). The van der Waals surface area contributed by atoms with Crippen LogP contribution in [-0.4, -0.2) is 20.4 Å². The molecule has 1 N–H and O–H groups in total. The van der Waals surface area contributed by atoms with E-state index in [9.17, 15) is 19.7 Å². The van der Waals surface area contributed by atoms with Gasteiger partial charge in [0.2, 0.25) is 0 Å². The van der Waals surface area contributed by atoms with Crippen LogP contribution >= 0.6 is 0 Å². The monoisotopic (exact) mass is 404 g/mol. The van der Waals surface area contributed by atoms with Crippen molar-refractivity contribution in [2.45, 2.75) is 13.1 Å². The fraction of sp³-hybridized carbons (Fsp3) is 0.0952. The van der Waals surface area contributed by atoms with Gasteiger partial charge in [-0.25, -0.2) is 4.98 Å². The van der Waals surface area contributed by atoms with Gasteiger partial charge in [0.1, 0.15) is 5.76 Å². The van der Waals surface area contributed by atoms with Crippen molar-refractivity contribution in [3.05, 3.63) is 105 Å². The largest absolute Gasteiger partial charge is 0.467 e. The Morgan fingerprint density at radius 3 is 2.80 bits per heavy atom. The minimum Gasteiger partial charge on any atom is -0.467 e. The van der Waals surface area contributed by atoms with Gasteiger partial charge in [-0.1, -0.05) is 12.1 Å². The number of nitrogens with zero attached hydrogens (tertiary/aromatic N) is 3. The second-order valence-corrected chi connectivity index (χ2v) is 6.60. The van der Waals surface area contributed by atoms with Gasteiger partial charge in [-0.15, -0.1) is 0 Å². The van der Waals surface area contributed by atoms with Crippen molar-refractivity contribution in [2.24, 2.45) is 0 Å². The van der Waals surface area contributed by atoms with Gasteiger partial charge in [-0.3, -0.25) is 24.3 Å². The molecule has 2 heterocycles. The summed E-state index contributed by atoms with van der Waals surface area (Å²) in [6.07, 6.45) is 2.92. The lowest BCUT2D eigenvalue weighted by Crippen LogP contribution is -2.23. The Labute approximate surface area is 169 Å². The van der Waals surface area contributed by atoms with Crippen molar-refractivity contribution < 1.29 is 14.1 Å². The molecule has 30 heavy (non-hydrogen) atoms. The quantitative estimate of drug-likeness (QED) is 0.390. The maximum absolute atomic E-state index is 12.8. The molecule has 0 bridgehead atoms. The number of carbonyl (C=O) groups excluding carboxylic acids is 1. The Balaban J connectivity index is 1.57. The summed E-state index contributed by atoms with van der Waals surface area (Å²) in [6, 6.07) is 14.3. The SMILES string of the molecule is O=C(NCc1ccco1)c1cccc(Cn2cnc3ccc([N+](=O)[O-])cc3c2=O)c1. The first kappa shape index (κ1) is 19.1. The summed E-state index contributed by atoms with van der Waals surface area (Å²) in [4.78, 5) is 39.8. The second kappa shape index (κ2) is 8.00. The average molecular weight is 404 g/mol. The Kier molecular flexibility index (Phi) is 5.08. The molecule has 0 atom stereocenters. The molecule has 0 spiro atoms. The number of aromatic nitrogens is 2. The number of hydrogen-bond donors (Lipinski definition) is 1. The van der Waals surface area contributed by atoms with Gasteiger partial charge < -0.3 is 9.73 Å². The first-order valence-electron chi connectivity index (χ1n) is 9.04. The number of benzene rings is 2. The number of non-ortho nitro benzene ring substituents is 1. The molecule has 0 aliphatic carbocycles. The van der Waals surface area contributed by atoms with Crippen molar-refractivity contribution >= 4 is 22.5 Å². The summed E-state index contributed by atoms with van der Waals surface area (Å²) in [5, 5.41) is 13.9. The van der Waals surface area contributed by atoms with Crippen LogP contribution in [0.2, 0.25) is 0 Å². The van der Waals surface area contributed by atoms with Crippen molar-refractivity contribution in [2.75, 3.05) is 0 Å². The molecule has 0 aliphatic rings. The molecule has 1 amide bonds. The van der Waals surface area contributed by atoms with E-state index in [2.05, 4.69) is 10.3 Å². The van der Waals surface area contributed by atoms with E-state index in [4.69, 9.17) is 4.42 Å². The number of rotatable bonds is 6.